The summed E-state index contributed by atoms with van der Waals surface area (Å²) < 4.78 is 32.1. The third-order valence-corrected chi connectivity index (χ3v) is 7.15. The smallest absolute Gasteiger partial charge is 0.269 e. The van der Waals surface area contributed by atoms with E-state index in [1.165, 1.54) is 24.0 Å². The van der Waals surface area contributed by atoms with Crippen LogP contribution < -0.4 is 5.32 Å². The molecule has 3 unspecified atom stereocenters. The SMILES string of the molecule is CC(=O)N1CC(F)C(C#Cc2ccccc2)C1(C(=O)NCc1cccc(Cl)c1F)n1ccc2ccccc21. The molecule has 3 aromatic carbocycles. The van der Waals surface area contributed by atoms with Crippen LogP contribution in [-0.4, -0.2) is 34.0 Å². The first-order valence-corrected chi connectivity index (χ1v) is 12.5. The van der Waals surface area contributed by atoms with Gasteiger partial charge in [0, 0.05) is 30.8 Å². The van der Waals surface area contributed by atoms with Gasteiger partial charge in [-0.05, 0) is 35.7 Å². The molecule has 4 aromatic rings. The highest BCUT2D eigenvalue weighted by Gasteiger charge is 2.61. The van der Waals surface area contributed by atoms with E-state index in [0.717, 1.165) is 5.39 Å². The van der Waals surface area contributed by atoms with Gasteiger partial charge in [-0.3, -0.25) is 9.59 Å². The monoisotopic (exact) mass is 531 g/mol. The number of benzene rings is 3. The molecule has 1 aromatic heterocycles. The molecule has 1 N–H and O–H groups in total. The van der Waals surface area contributed by atoms with Gasteiger partial charge in [0.1, 0.15) is 17.9 Å². The summed E-state index contributed by atoms with van der Waals surface area (Å²) in [6.07, 6.45) is 0.0417. The van der Waals surface area contributed by atoms with E-state index < -0.39 is 35.4 Å². The Bertz CT molecular complexity index is 1580. The number of nitrogens with one attached hydrogen (secondary N) is 1. The number of nitrogens with zero attached hydrogens (tertiary/aromatic N) is 2. The first-order chi connectivity index (χ1) is 18.3. The molecule has 1 fully saturated rings. The third-order valence-electron chi connectivity index (χ3n) is 6.86. The lowest BCUT2D eigenvalue weighted by atomic mass is 9.90. The van der Waals surface area contributed by atoms with Crippen LogP contribution in [0.1, 0.15) is 18.1 Å². The molecule has 1 aliphatic rings. The van der Waals surface area contributed by atoms with Gasteiger partial charge in [0.25, 0.3) is 5.91 Å². The Balaban J connectivity index is 1.68. The summed E-state index contributed by atoms with van der Waals surface area (Å²) in [5.74, 6) is 2.93. The minimum absolute atomic E-state index is 0.0791. The van der Waals surface area contributed by atoms with Gasteiger partial charge in [-0.2, -0.15) is 0 Å². The second kappa shape index (κ2) is 10.3. The van der Waals surface area contributed by atoms with E-state index >= 15 is 4.39 Å². The van der Waals surface area contributed by atoms with Gasteiger partial charge in [0.05, 0.1) is 17.1 Å². The Morgan fingerprint density at radius 1 is 1.05 bits per heavy atom. The van der Waals surface area contributed by atoms with Crippen LogP contribution in [0.2, 0.25) is 5.02 Å². The van der Waals surface area contributed by atoms with Crippen LogP contribution in [0.25, 0.3) is 10.9 Å². The molecule has 2 amide bonds. The average Bonchev–Trinajstić information content (AvgIpc) is 3.48. The van der Waals surface area contributed by atoms with Gasteiger partial charge in [-0.1, -0.05) is 72.0 Å². The van der Waals surface area contributed by atoms with Crippen molar-refractivity contribution >= 4 is 34.3 Å². The lowest BCUT2D eigenvalue weighted by Crippen LogP contribution is -2.61. The number of likely N-dealkylation sites (tertiary alicyclic amines) is 1. The standard InChI is InChI=1S/C30H24ClF2N3O2/c1-20(37)36-19-26(32)24(15-14-21-8-3-2-4-9-21)30(36,35-17-16-22-10-5-6-13-27(22)35)29(38)34-18-23-11-7-12-25(31)28(23)33/h2-13,16-17,24,26H,18-19H2,1H3,(H,34,38). The van der Waals surface area contributed by atoms with Crippen LogP contribution in [0.3, 0.4) is 0 Å². The van der Waals surface area contributed by atoms with Crippen LogP contribution in [0.5, 0.6) is 0 Å². The maximum absolute atomic E-state index is 15.9. The van der Waals surface area contributed by atoms with Crippen LogP contribution in [0.4, 0.5) is 8.78 Å². The van der Waals surface area contributed by atoms with Crippen molar-refractivity contribution in [3.05, 3.63) is 107 Å². The van der Waals surface area contributed by atoms with Crippen LogP contribution >= 0.6 is 11.6 Å². The fourth-order valence-electron chi connectivity index (χ4n) is 5.11. The van der Waals surface area contributed by atoms with Crippen molar-refractivity contribution in [3.8, 4) is 11.8 Å². The number of hydrogen-bond acceptors (Lipinski definition) is 2. The van der Waals surface area contributed by atoms with Crippen molar-refractivity contribution in [2.45, 2.75) is 25.3 Å². The maximum Gasteiger partial charge on any atom is 0.269 e. The molecule has 1 aliphatic heterocycles. The largest absolute Gasteiger partial charge is 0.348 e. The number of fused-ring (bicyclic) bond motifs is 1. The normalized spacial score (nSPS) is 20.7. The number of alkyl halides is 1. The molecule has 0 bridgehead atoms. The number of para-hydroxylation sites is 1. The summed E-state index contributed by atoms with van der Waals surface area (Å²) >= 11 is 5.92. The van der Waals surface area contributed by atoms with Gasteiger partial charge in [-0.15, -0.1) is 0 Å². The van der Waals surface area contributed by atoms with Gasteiger partial charge in [0.2, 0.25) is 11.6 Å². The molecule has 0 aliphatic carbocycles. The number of carbonyl (C=O) groups is 2. The van der Waals surface area contributed by atoms with Gasteiger partial charge in [-0.25, -0.2) is 8.78 Å². The van der Waals surface area contributed by atoms with E-state index in [4.69, 9.17) is 11.6 Å². The van der Waals surface area contributed by atoms with Crippen molar-refractivity contribution in [3.63, 3.8) is 0 Å². The zero-order chi connectivity index (χ0) is 26.9. The maximum atomic E-state index is 15.9. The highest BCUT2D eigenvalue weighted by molar-refractivity contribution is 6.30. The Morgan fingerprint density at radius 3 is 2.55 bits per heavy atom. The summed E-state index contributed by atoms with van der Waals surface area (Å²) in [6.45, 7) is 0.757. The van der Waals surface area contributed by atoms with E-state index in [-0.39, 0.29) is 23.7 Å². The van der Waals surface area contributed by atoms with Gasteiger partial charge in [0.15, 0.2) is 0 Å². The van der Waals surface area contributed by atoms with E-state index in [0.29, 0.717) is 11.1 Å². The Labute approximate surface area is 224 Å². The molecule has 0 radical (unpaired) electrons. The number of rotatable bonds is 4. The van der Waals surface area contributed by atoms with Gasteiger partial charge < -0.3 is 14.8 Å². The number of halogens is 3. The second-order valence-electron chi connectivity index (χ2n) is 9.12. The Kier molecular flexibility index (Phi) is 6.92. The molecule has 0 saturated carbocycles. The summed E-state index contributed by atoms with van der Waals surface area (Å²) in [7, 11) is 0. The predicted molar refractivity (Wildman–Crippen MR) is 142 cm³/mol. The van der Waals surface area contributed by atoms with Crippen molar-refractivity contribution in [2.24, 2.45) is 5.92 Å². The fourth-order valence-corrected chi connectivity index (χ4v) is 5.30. The molecule has 5 rings (SSSR count). The quantitative estimate of drug-likeness (QED) is 0.365. The fraction of sp³-hybridized carbons (Fsp3) is 0.200. The molecule has 1 saturated heterocycles. The van der Waals surface area contributed by atoms with E-state index in [2.05, 4.69) is 17.2 Å². The van der Waals surface area contributed by atoms with E-state index in [1.807, 2.05) is 30.3 Å². The average molecular weight is 532 g/mol. The number of aromatic nitrogens is 1. The molecule has 0 spiro atoms. The van der Waals surface area contributed by atoms with Crippen molar-refractivity contribution < 1.29 is 18.4 Å². The summed E-state index contributed by atoms with van der Waals surface area (Å²) in [5.41, 5.74) is -0.433. The molecule has 3 atom stereocenters. The van der Waals surface area contributed by atoms with E-state index in [9.17, 15) is 14.0 Å². The zero-order valence-electron chi connectivity index (χ0n) is 20.5. The lowest BCUT2D eigenvalue weighted by Gasteiger charge is -2.40. The first kappa shape index (κ1) is 25.5. The molecule has 192 valence electrons. The highest BCUT2D eigenvalue weighted by atomic mass is 35.5. The summed E-state index contributed by atoms with van der Waals surface area (Å²) in [5, 5.41) is 3.48. The summed E-state index contributed by atoms with van der Waals surface area (Å²) in [6, 6.07) is 22.6. The zero-order valence-corrected chi connectivity index (χ0v) is 21.3. The minimum atomic E-state index is -1.87. The molecular weight excluding hydrogens is 508 g/mol. The third kappa shape index (κ3) is 4.31. The Hall–Kier alpha value is -4.15. The molecule has 2 heterocycles. The second-order valence-corrected chi connectivity index (χ2v) is 9.53. The molecule has 38 heavy (non-hydrogen) atoms. The minimum Gasteiger partial charge on any atom is -0.348 e. The lowest BCUT2D eigenvalue weighted by molar-refractivity contribution is -0.151. The predicted octanol–water partition coefficient (Wildman–Crippen LogP) is 5.27. The van der Waals surface area contributed by atoms with E-state index in [1.54, 1.807) is 47.2 Å². The van der Waals surface area contributed by atoms with Crippen LogP contribution in [0, 0.1) is 23.6 Å². The summed E-state index contributed by atoms with van der Waals surface area (Å²) in [4.78, 5) is 28.4. The molecule has 5 nitrogen and oxygen atoms in total. The number of hydrogen-bond donors (Lipinski definition) is 1. The first-order valence-electron chi connectivity index (χ1n) is 12.1. The molecular formula is C30H24ClF2N3O2. The van der Waals surface area contributed by atoms with Gasteiger partial charge >= 0.3 is 0 Å². The Morgan fingerprint density at radius 2 is 1.79 bits per heavy atom. The van der Waals surface area contributed by atoms with Crippen LogP contribution in [-0.2, 0) is 21.8 Å². The topological polar surface area (TPSA) is 54.3 Å². The number of carbonyl (C=O) groups excluding carboxylic acids is 2. The molecule has 8 heteroatoms. The highest BCUT2D eigenvalue weighted by Crippen LogP contribution is 2.43. The van der Waals surface area contributed by atoms with Crippen molar-refractivity contribution in [1.29, 1.82) is 0 Å². The van der Waals surface area contributed by atoms with Crippen LogP contribution in [0.15, 0.2) is 85.1 Å². The number of amides is 2. The van der Waals surface area contributed by atoms with Crippen molar-refractivity contribution in [2.75, 3.05) is 6.54 Å². The van der Waals surface area contributed by atoms with Crippen molar-refractivity contribution in [1.82, 2.24) is 14.8 Å².